The number of anilines is 2. The number of carbonyl (C=O) groups excluding carboxylic acids is 2. The van der Waals surface area contributed by atoms with Crippen LogP contribution in [0.5, 0.6) is 17.2 Å². The number of rotatable bonds is 9. The molecule has 3 aromatic carbocycles. The van der Waals surface area contributed by atoms with Crippen LogP contribution in [0.1, 0.15) is 38.1 Å². The highest BCUT2D eigenvalue weighted by Gasteiger charge is 2.39. The summed E-state index contributed by atoms with van der Waals surface area (Å²) in [6.07, 6.45) is 1.99. The average Bonchev–Trinajstić information content (AvgIpc) is 3.50. The molecule has 0 fully saturated rings. The van der Waals surface area contributed by atoms with E-state index in [1.54, 1.807) is 31.3 Å². The van der Waals surface area contributed by atoms with Crippen LogP contribution in [0.25, 0.3) is 5.69 Å². The number of para-hydroxylation sites is 4. The molecule has 218 valence electrons. The maximum Gasteiger partial charge on any atom is 0.322 e. The van der Waals surface area contributed by atoms with E-state index in [-0.39, 0.29) is 18.5 Å². The van der Waals surface area contributed by atoms with Crippen molar-refractivity contribution < 1.29 is 23.8 Å². The van der Waals surface area contributed by atoms with Gasteiger partial charge in [0.15, 0.2) is 0 Å². The van der Waals surface area contributed by atoms with Crippen molar-refractivity contribution in [3.63, 3.8) is 0 Å². The monoisotopic (exact) mass is 568 g/mol. The van der Waals surface area contributed by atoms with E-state index in [2.05, 4.69) is 9.88 Å². The zero-order chi connectivity index (χ0) is 29.8. The van der Waals surface area contributed by atoms with Gasteiger partial charge in [0.25, 0.3) is 0 Å². The van der Waals surface area contributed by atoms with Gasteiger partial charge in [0.1, 0.15) is 29.8 Å². The highest BCUT2D eigenvalue weighted by atomic mass is 16.5. The molecule has 2 heterocycles. The second kappa shape index (κ2) is 12.3. The number of hydrogen-bond donors (Lipinski definition) is 1. The molecule has 0 bridgehead atoms. The van der Waals surface area contributed by atoms with Gasteiger partial charge in [0.2, 0.25) is 5.91 Å². The number of nitrogens with one attached hydrogen (secondary N) is 1. The Morgan fingerprint density at radius 1 is 0.905 bits per heavy atom. The molecular weight excluding hydrogens is 532 g/mol. The highest BCUT2D eigenvalue weighted by Crippen LogP contribution is 2.45. The Morgan fingerprint density at radius 2 is 1.64 bits per heavy atom. The number of aromatic nitrogens is 1. The van der Waals surface area contributed by atoms with E-state index < -0.39 is 12.1 Å². The van der Waals surface area contributed by atoms with Crippen molar-refractivity contribution in [2.75, 3.05) is 37.6 Å². The van der Waals surface area contributed by atoms with Crippen LogP contribution in [0.15, 0.2) is 85.1 Å². The number of ether oxygens (including phenoxy) is 3. The molecule has 42 heavy (non-hydrogen) atoms. The third-order valence-electron chi connectivity index (χ3n) is 7.34. The van der Waals surface area contributed by atoms with Crippen molar-refractivity contribution >= 4 is 23.3 Å². The lowest BCUT2D eigenvalue weighted by Gasteiger charge is -2.40. The van der Waals surface area contributed by atoms with Gasteiger partial charge in [0.05, 0.1) is 43.6 Å². The van der Waals surface area contributed by atoms with Crippen molar-refractivity contribution in [2.24, 2.45) is 0 Å². The van der Waals surface area contributed by atoms with Crippen molar-refractivity contribution in [3.8, 4) is 22.9 Å². The molecule has 4 aromatic rings. The van der Waals surface area contributed by atoms with Gasteiger partial charge in [-0.15, -0.1) is 0 Å². The average molecular weight is 569 g/mol. The number of methoxy groups -OCH3 is 2. The lowest BCUT2D eigenvalue weighted by atomic mass is 9.96. The molecule has 1 unspecified atom stereocenters. The summed E-state index contributed by atoms with van der Waals surface area (Å²) < 4.78 is 19.1. The molecule has 1 atom stereocenters. The fraction of sp³-hybridized carbons (Fsp3) is 0.273. The lowest BCUT2D eigenvalue weighted by molar-refractivity contribution is -0.119. The van der Waals surface area contributed by atoms with Gasteiger partial charge in [-0.3, -0.25) is 9.69 Å². The predicted octanol–water partition coefficient (Wildman–Crippen LogP) is 6.27. The van der Waals surface area contributed by atoms with Gasteiger partial charge in [-0.1, -0.05) is 24.3 Å². The molecule has 0 saturated heterocycles. The number of nitrogens with zero attached hydrogens (tertiary/aromatic N) is 3. The van der Waals surface area contributed by atoms with E-state index in [1.807, 2.05) is 93.7 Å². The number of benzene rings is 3. The van der Waals surface area contributed by atoms with E-state index in [0.717, 1.165) is 22.6 Å². The zero-order valence-corrected chi connectivity index (χ0v) is 24.5. The first-order valence-corrected chi connectivity index (χ1v) is 14.0. The minimum Gasteiger partial charge on any atom is -0.497 e. The Kier molecular flexibility index (Phi) is 8.38. The molecule has 0 radical (unpaired) electrons. The van der Waals surface area contributed by atoms with Crippen LogP contribution in [0.3, 0.4) is 0 Å². The molecule has 9 heteroatoms. The van der Waals surface area contributed by atoms with E-state index in [0.29, 0.717) is 29.5 Å². The molecule has 5 rings (SSSR count). The molecule has 0 aliphatic carbocycles. The van der Waals surface area contributed by atoms with Crippen molar-refractivity contribution in [3.05, 3.63) is 96.3 Å². The maximum atomic E-state index is 14.5. The minimum atomic E-state index is -0.539. The van der Waals surface area contributed by atoms with Crippen LogP contribution in [0, 0.1) is 0 Å². The third-order valence-corrected chi connectivity index (χ3v) is 7.34. The molecular formula is C33H36N4O5. The molecule has 3 amide bonds. The van der Waals surface area contributed by atoms with Gasteiger partial charge >= 0.3 is 6.03 Å². The predicted molar refractivity (Wildman–Crippen MR) is 163 cm³/mol. The molecule has 1 aliphatic rings. The fourth-order valence-corrected chi connectivity index (χ4v) is 5.36. The van der Waals surface area contributed by atoms with Gasteiger partial charge in [-0.2, -0.15) is 0 Å². The van der Waals surface area contributed by atoms with E-state index in [4.69, 9.17) is 14.2 Å². The Labute approximate surface area is 246 Å². The molecule has 1 aromatic heterocycles. The van der Waals surface area contributed by atoms with Crippen LogP contribution in [-0.4, -0.2) is 54.8 Å². The largest absolute Gasteiger partial charge is 0.497 e. The zero-order valence-electron chi connectivity index (χ0n) is 24.5. The lowest BCUT2D eigenvalue weighted by Crippen LogP contribution is -2.49. The van der Waals surface area contributed by atoms with E-state index >= 15 is 0 Å². The first-order valence-electron chi connectivity index (χ1n) is 14.0. The van der Waals surface area contributed by atoms with Crippen LogP contribution >= 0.6 is 0 Å². The number of amides is 3. The summed E-state index contributed by atoms with van der Waals surface area (Å²) in [6, 6.07) is 23.3. The van der Waals surface area contributed by atoms with Crippen LogP contribution in [-0.2, 0) is 4.79 Å². The quantitative estimate of drug-likeness (QED) is 0.257. The second-order valence-corrected chi connectivity index (χ2v) is 10.1. The van der Waals surface area contributed by atoms with Crippen LogP contribution < -0.4 is 24.4 Å². The number of urea groups is 1. The Balaban J connectivity index is 1.55. The van der Waals surface area contributed by atoms with Gasteiger partial charge in [0, 0.05) is 17.8 Å². The second-order valence-electron chi connectivity index (χ2n) is 10.1. The number of carbonyl (C=O) groups is 2. The first-order chi connectivity index (χ1) is 20.4. The Bertz CT molecular complexity index is 1580. The standard InChI is InChI=1S/C33H36N4O5/c1-6-42-30-16-10-7-12-25(30)34-33(39)36(22(2)3)21-31(38)37-27-14-9-8-13-26(27)35-19-11-15-28(35)32(37)24-20-23(40-4)17-18-29(24)41-5/h7-20,22,32H,6,21H2,1-5H3,(H,34,39). The fourth-order valence-electron chi connectivity index (χ4n) is 5.36. The Morgan fingerprint density at radius 3 is 2.36 bits per heavy atom. The summed E-state index contributed by atoms with van der Waals surface area (Å²) in [6.45, 7) is 5.97. The van der Waals surface area contributed by atoms with Gasteiger partial charge in [-0.25, -0.2) is 4.79 Å². The van der Waals surface area contributed by atoms with Crippen molar-refractivity contribution in [2.45, 2.75) is 32.9 Å². The summed E-state index contributed by atoms with van der Waals surface area (Å²) in [5, 5.41) is 2.94. The SMILES string of the molecule is CCOc1ccccc1NC(=O)N(CC(=O)N1c2ccccc2-n2cccc2C1c1cc(OC)ccc1OC)C(C)C. The Hall–Kier alpha value is -4.92. The number of fused-ring (bicyclic) bond motifs is 3. The summed E-state index contributed by atoms with van der Waals surface area (Å²) in [7, 11) is 3.22. The van der Waals surface area contributed by atoms with Crippen LogP contribution in [0.2, 0.25) is 0 Å². The summed E-state index contributed by atoms with van der Waals surface area (Å²) >= 11 is 0. The summed E-state index contributed by atoms with van der Waals surface area (Å²) in [5.41, 5.74) is 3.80. The maximum absolute atomic E-state index is 14.5. The van der Waals surface area contributed by atoms with Crippen LogP contribution in [0.4, 0.5) is 16.2 Å². The molecule has 0 saturated carbocycles. The molecule has 0 spiro atoms. The number of hydrogen-bond acceptors (Lipinski definition) is 5. The molecule has 9 nitrogen and oxygen atoms in total. The third kappa shape index (κ3) is 5.37. The normalized spacial score (nSPS) is 13.7. The van der Waals surface area contributed by atoms with E-state index in [1.165, 1.54) is 4.90 Å². The first kappa shape index (κ1) is 28.6. The van der Waals surface area contributed by atoms with Gasteiger partial charge in [-0.05, 0) is 75.4 Å². The molecule has 1 aliphatic heterocycles. The highest BCUT2D eigenvalue weighted by molar-refractivity contribution is 6.02. The smallest absolute Gasteiger partial charge is 0.322 e. The van der Waals surface area contributed by atoms with Crippen molar-refractivity contribution in [1.29, 1.82) is 0 Å². The van der Waals surface area contributed by atoms with Crippen molar-refractivity contribution in [1.82, 2.24) is 9.47 Å². The summed E-state index contributed by atoms with van der Waals surface area (Å²) in [5.74, 6) is 1.59. The van der Waals surface area contributed by atoms with Gasteiger partial charge < -0.3 is 29.0 Å². The molecule has 1 N–H and O–H groups in total. The minimum absolute atomic E-state index is 0.155. The van der Waals surface area contributed by atoms with E-state index in [9.17, 15) is 9.59 Å². The summed E-state index contributed by atoms with van der Waals surface area (Å²) in [4.78, 5) is 31.4. The topological polar surface area (TPSA) is 85.3 Å².